The van der Waals surface area contributed by atoms with Crippen LogP contribution in [0.3, 0.4) is 0 Å². The highest BCUT2D eigenvalue weighted by atomic mass is 28.4. The number of imidazole rings is 1. The van der Waals surface area contributed by atoms with Gasteiger partial charge in [0.2, 0.25) is 6.10 Å². The molecule has 0 amide bonds. The van der Waals surface area contributed by atoms with Crippen LogP contribution >= 0.6 is 0 Å². The molecule has 0 radical (unpaired) electrons. The van der Waals surface area contributed by atoms with Crippen molar-refractivity contribution in [2.24, 2.45) is 0 Å². The molecule has 41 heavy (non-hydrogen) atoms. The molecule has 0 bridgehead atoms. The molecule has 0 N–H and O–H groups in total. The molecule has 1 aromatic heterocycles. The van der Waals surface area contributed by atoms with Crippen molar-refractivity contribution in [3.63, 3.8) is 0 Å². The van der Waals surface area contributed by atoms with E-state index in [4.69, 9.17) is 23.5 Å². The van der Waals surface area contributed by atoms with E-state index in [-0.39, 0.29) is 11.6 Å². The highest BCUT2D eigenvalue weighted by Gasteiger charge is 2.55. The summed E-state index contributed by atoms with van der Waals surface area (Å²) in [5, 5.41) is 13.1. The van der Waals surface area contributed by atoms with E-state index in [9.17, 15) is 19.7 Å². The predicted octanol–water partition coefficient (Wildman–Crippen LogP) is 2.38. The fourth-order valence-electron chi connectivity index (χ4n) is 5.14. The lowest BCUT2D eigenvalue weighted by molar-refractivity contribution is -0.404. The summed E-state index contributed by atoms with van der Waals surface area (Å²) in [6.07, 6.45) is -2.28. The Bertz CT molecular complexity index is 1320. The molecule has 0 aliphatic carbocycles. The summed E-state index contributed by atoms with van der Waals surface area (Å²) in [4.78, 5) is 44.2. The van der Waals surface area contributed by atoms with Gasteiger partial charge in [0.1, 0.15) is 18.5 Å². The molecule has 0 spiro atoms. The van der Waals surface area contributed by atoms with Crippen molar-refractivity contribution in [2.45, 2.75) is 64.3 Å². The molecular formula is C28H33N3O9Si. The summed E-state index contributed by atoms with van der Waals surface area (Å²) in [7, 11) is -3.02. The molecule has 0 unspecified atom stereocenters. The molecule has 1 saturated heterocycles. The molecule has 1 aliphatic heterocycles. The number of carbonyl (C=O) groups excluding carboxylic acids is 2. The summed E-state index contributed by atoms with van der Waals surface area (Å²) < 4.78 is 24.9. The van der Waals surface area contributed by atoms with Crippen LogP contribution in [0.1, 0.15) is 34.6 Å². The van der Waals surface area contributed by atoms with Gasteiger partial charge >= 0.3 is 17.9 Å². The number of rotatable bonds is 10. The number of nitrogens with zero attached hydrogens (tertiary/aromatic N) is 3. The number of benzene rings is 2. The summed E-state index contributed by atoms with van der Waals surface area (Å²) >= 11 is 0. The second kappa shape index (κ2) is 12.2. The first-order valence-electron chi connectivity index (χ1n) is 13.0. The maximum atomic E-state index is 12.2. The molecule has 4 rings (SSSR count). The Morgan fingerprint density at radius 3 is 2.00 bits per heavy atom. The third kappa shape index (κ3) is 6.31. The molecule has 2 aromatic carbocycles. The number of nitro groups is 1. The van der Waals surface area contributed by atoms with Gasteiger partial charge in [-0.1, -0.05) is 86.4 Å². The van der Waals surface area contributed by atoms with Gasteiger partial charge in [0.25, 0.3) is 14.6 Å². The summed E-state index contributed by atoms with van der Waals surface area (Å²) in [6.45, 7) is 8.69. The minimum absolute atomic E-state index is 0.0606. The maximum absolute atomic E-state index is 12.2. The smallest absolute Gasteiger partial charge is 0.455 e. The van der Waals surface area contributed by atoms with Crippen LogP contribution in [0.5, 0.6) is 0 Å². The highest BCUT2D eigenvalue weighted by Crippen LogP contribution is 2.38. The van der Waals surface area contributed by atoms with E-state index in [1.165, 1.54) is 26.2 Å². The zero-order chi connectivity index (χ0) is 29.8. The van der Waals surface area contributed by atoms with E-state index < -0.39 is 55.7 Å². The zero-order valence-electron chi connectivity index (χ0n) is 23.5. The highest BCUT2D eigenvalue weighted by molar-refractivity contribution is 6.99. The van der Waals surface area contributed by atoms with Crippen LogP contribution in [-0.4, -0.2) is 66.1 Å². The van der Waals surface area contributed by atoms with Crippen LogP contribution in [-0.2, 0) is 28.2 Å². The quantitative estimate of drug-likeness (QED) is 0.151. The van der Waals surface area contributed by atoms with Gasteiger partial charge in [-0.05, 0) is 25.1 Å². The Kier molecular flexibility index (Phi) is 8.90. The standard InChI is InChI=1S/C28H33N3O9Si/c1-19(32)37-24-23(39-26(25(24)38-20(2)33)40-30-17-16-29-27(30)31(34)35)18-36-41(28(3,4)5,21-12-8-6-9-13-21)22-14-10-7-11-15-22/h6-17,23-26H,18H2,1-5H3/t23-,24-,25+,26+/m1/s1. The van der Waals surface area contributed by atoms with Gasteiger partial charge in [0.15, 0.2) is 6.10 Å². The van der Waals surface area contributed by atoms with Gasteiger partial charge < -0.3 is 33.6 Å². The third-order valence-corrected chi connectivity index (χ3v) is 11.7. The van der Waals surface area contributed by atoms with Crippen molar-refractivity contribution in [1.82, 2.24) is 9.71 Å². The fourth-order valence-corrected chi connectivity index (χ4v) is 9.71. The van der Waals surface area contributed by atoms with E-state index >= 15 is 0 Å². The van der Waals surface area contributed by atoms with Crippen LogP contribution in [0.4, 0.5) is 5.95 Å². The van der Waals surface area contributed by atoms with Crippen molar-refractivity contribution in [1.29, 1.82) is 0 Å². The van der Waals surface area contributed by atoms with Crippen LogP contribution in [0, 0.1) is 10.1 Å². The number of ether oxygens (including phenoxy) is 3. The second-order valence-electron chi connectivity index (χ2n) is 10.6. The number of aromatic nitrogens is 2. The first kappa shape index (κ1) is 29.9. The minimum atomic E-state index is -3.02. The lowest BCUT2D eigenvalue weighted by Gasteiger charge is -2.43. The van der Waals surface area contributed by atoms with Crippen LogP contribution in [0.25, 0.3) is 0 Å². The first-order chi connectivity index (χ1) is 19.4. The van der Waals surface area contributed by atoms with Gasteiger partial charge in [-0.15, -0.1) is 0 Å². The number of hydrogen-bond acceptors (Lipinski definition) is 10. The van der Waals surface area contributed by atoms with Gasteiger partial charge in [-0.25, -0.2) is 0 Å². The zero-order valence-corrected chi connectivity index (χ0v) is 24.5. The van der Waals surface area contributed by atoms with Crippen molar-refractivity contribution in [2.75, 3.05) is 6.61 Å². The Morgan fingerprint density at radius 1 is 0.976 bits per heavy atom. The van der Waals surface area contributed by atoms with Crippen LogP contribution < -0.4 is 15.2 Å². The van der Waals surface area contributed by atoms with E-state index in [1.807, 2.05) is 60.7 Å². The Hall–Kier alpha value is -4.07. The first-order valence-corrected chi connectivity index (χ1v) is 14.9. The number of hydrogen-bond donors (Lipinski definition) is 0. The predicted molar refractivity (Wildman–Crippen MR) is 149 cm³/mol. The molecule has 4 atom stereocenters. The number of esters is 2. The molecular weight excluding hydrogens is 550 g/mol. The molecule has 2 heterocycles. The normalized spacial score (nSPS) is 20.8. The largest absolute Gasteiger partial charge is 0.471 e. The molecule has 0 saturated carbocycles. The van der Waals surface area contributed by atoms with Gasteiger partial charge in [0.05, 0.1) is 6.61 Å². The third-order valence-electron chi connectivity index (χ3n) is 6.72. The lowest BCUT2D eigenvalue weighted by Crippen LogP contribution is -2.67. The SMILES string of the molecule is CC(=O)O[C@@H]1[C@H](On2ccnc2[N+](=O)[O-])O[C@H](CO[Si](c2ccccc2)(c2ccccc2)C(C)(C)C)[C@H]1OC(C)=O. The Labute approximate surface area is 238 Å². The molecule has 218 valence electrons. The Balaban J connectivity index is 1.73. The summed E-state index contributed by atoms with van der Waals surface area (Å²) in [5.74, 6) is -1.93. The molecule has 1 fully saturated rings. The van der Waals surface area contributed by atoms with E-state index in [2.05, 4.69) is 25.8 Å². The van der Waals surface area contributed by atoms with E-state index in [0.29, 0.717) is 0 Å². The molecule has 1 aliphatic rings. The van der Waals surface area contributed by atoms with Gasteiger partial charge in [0, 0.05) is 13.8 Å². The van der Waals surface area contributed by atoms with Crippen molar-refractivity contribution >= 4 is 36.6 Å². The van der Waals surface area contributed by atoms with E-state index in [1.54, 1.807) is 0 Å². The minimum Gasteiger partial charge on any atom is -0.455 e. The van der Waals surface area contributed by atoms with E-state index in [0.717, 1.165) is 15.1 Å². The second-order valence-corrected chi connectivity index (χ2v) is 14.9. The monoisotopic (exact) mass is 583 g/mol. The number of carbonyl (C=O) groups is 2. The fraction of sp³-hybridized carbons (Fsp3) is 0.393. The van der Waals surface area contributed by atoms with Crippen LogP contribution in [0.2, 0.25) is 5.04 Å². The van der Waals surface area contributed by atoms with Crippen molar-refractivity contribution in [3.8, 4) is 0 Å². The molecule has 12 nitrogen and oxygen atoms in total. The summed E-state index contributed by atoms with van der Waals surface area (Å²) in [6, 6.07) is 19.9. The van der Waals surface area contributed by atoms with Crippen molar-refractivity contribution < 1.29 is 38.0 Å². The lowest BCUT2D eigenvalue weighted by atomic mass is 10.1. The van der Waals surface area contributed by atoms with Crippen LogP contribution in [0.15, 0.2) is 73.1 Å². The van der Waals surface area contributed by atoms with Crippen molar-refractivity contribution in [3.05, 3.63) is 83.2 Å². The molecule has 13 heteroatoms. The van der Waals surface area contributed by atoms with Gasteiger partial charge in [-0.3, -0.25) is 9.59 Å². The topological polar surface area (TPSA) is 141 Å². The Morgan fingerprint density at radius 2 is 1.51 bits per heavy atom. The van der Waals surface area contributed by atoms with Gasteiger partial charge in [-0.2, -0.15) is 0 Å². The average Bonchev–Trinajstić information content (AvgIpc) is 3.50. The molecule has 3 aromatic rings. The average molecular weight is 584 g/mol. The summed E-state index contributed by atoms with van der Waals surface area (Å²) in [5.41, 5.74) is 0. The maximum Gasteiger partial charge on any atom is 0.471 e.